The van der Waals surface area contributed by atoms with E-state index in [0.717, 1.165) is 5.56 Å². The van der Waals surface area contributed by atoms with E-state index in [-0.39, 0.29) is 23.8 Å². The number of ether oxygens (including phenoxy) is 2. The van der Waals surface area contributed by atoms with E-state index in [1.165, 1.54) is 10.9 Å². The molecule has 2 aromatic rings. The van der Waals surface area contributed by atoms with E-state index in [1.807, 2.05) is 44.2 Å². The minimum atomic E-state index is -0.812. The molecule has 1 aliphatic heterocycles. The number of esters is 1. The Morgan fingerprint density at radius 1 is 1.43 bits per heavy atom. The molecule has 122 valence electrons. The van der Waals surface area contributed by atoms with Crippen molar-refractivity contribution in [1.29, 1.82) is 0 Å². The molecule has 0 spiro atoms. The summed E-state index contributed by atoms with van der Waals surface area (Å²) >= 11 is 0. The molecule has 0 N–H and O–H groups in total. The molecule has 0 amide bonds. The first-order valence-corrected chi connectivity index (χ1v) is 7.52. The number of hydrogen-bond donors (Lipinski definition) is 0. The second-order valence-electron chi connectivity index (χ2n) is 6.26. The van der Waals surface area contributed by atoms with Gasteiger partial charge in [-0.1, -0.05) is 37.3 Å². The molecular formula is C17H19FN2O3. The van der Waals surface area contributed by atoms with E-state index in [0.29, 0.717) is 13.2 Å². The largest absolute Gasteiger partial charge is 0.460 e. The van der Waals surface area contributed by atoms with Gasteiger partial charge in [0, 0.05) is 5.41 Å². The van der Waals surface area contributed by atoms with Crippen LogP contribution in [-0.2, 0) is 9.47 Å². The van der Waals surface area contributed by atoms with Gasteiger partial charge in [-0.15, -0.1) is 0 Å². The van der Waals surface area contributed by atoms with Gasteiger partial charge in [0.1, 0.15) is 6.61 Å². The Bertz CT molecular complexity index is 695. The minimum Gasteiger partial charge on any atom is -0.460 e. The van der Waals surface area contributed by atoms with E-state index in [4.69, 9.17) is 9.47 Å². The molecule has 1 aromatic heterocycles. The molecule has 3 rings (SSSR count). The Morgan fingerprint density at radius 2 is 2.13 bits per heavy atom. The van der Waals surface area contributed by atoms with Crippen molar-refractivity contribution < 1.29 is 18.7 Å². The summed E-state index contributed by atoms with van der Waals surface area (Å²) in [4.78, 5) is 15.9. The van der Waals surface area contributed by atoms with Crippen molar-refractivity contribution in [3.05, 3.63) is 53.9 Å². The third kappa shape index (κ3) is 3.12. The lowest BCUT2D eigenvalue weighted by atomic mass is 9.90. The van der Waals surface area contributed by atoms with Crippen LogP contribution >= 0.6 is 0 Å². The Kier molecular flexibility index (Phi) is 4.17. The van der Waals surface area contributed by atoms with Crippen molar-refractivity contribution in [3.63, 3.8) is 0 Å². The van der Waals surface area contributed by atoms with Crippen LogP contribution in [0.1, 0.15) is 35.9 Å². The maximum atomic E-state index is 14.0. The molecule has 23 heavy (non-hydrogen) atoms. The highest BCUT2D eigenvalue weighted by Gasteiger charge is 2.36. The summed E-state index contributed by atoms with van der Waals surface area (Å²) in [6.07, 6.45) is 1.33. The van der Waals surface area contributed by atoms with Gasteiger partial charge in [0.25, 0.3) is 0 Å². The maximum Gasteiger partial charge on any atom is 0.359 e. The summed E-state index contributed by atoms with van der Waals surface area (Å²) in [5.74, 6) is -1.51. The number of halogens is 1. The smallest absolute Gasteiger partial charge is 0.359 e. The Balaban J connectivity index is 1.79. The fourth-order valence-corrected chi connectivity index (χ4v) is 2.56. The first kappa shape index (κ1) is 15.7. The highest BCUT2D eigenvalue weighted by molar-refractivity contribution is 5.87. The van der Waals surface area contributed by atoms with Crippen molar-refractivity contribution in [2.75, 3.05) is 19.8 Å². The van der Waals surface area contributed by atoms with Crippen LogP contribution in [0.2, 0.25) is 0 Å². The highest BCUT2D eigenvalue weighted by Crippen LogP contribution is 2.27. The number of aromatic nitrogens is 2. The lowest BCUT2D eigenvalue weighted by Crippen LogP contribution is -2.44. The molecule has 2 heterocycles. The Labute approximate surface area is 134 Å². The zero-order chi connectivity index (χ0) is 16.4. The van der Waals surface area contributed by atoms with E-state index in [1.54, 1.807) is 0 Å². The average Bonchev–Trinajstić information content (AvgIpc) is 2.92. The molecule has 1 saturated heterocycles. The minimum absolute atomic E-state index is 0.148. The standard InChI is InChI=1S/C17H19FN2O3/c1-12(13-6-4-3-5-7-13)20-11-19-15(18)14(20)16(21)23-10-17(2)8-22-9-17/h3-7,11-12H,8-10H2,1-2H3/t12-/m1/s1. The van der Waals surface area contributed by atoms with Crippen LogP contribution in [0.3, 0.4) is 0 Å². The molecule has 0 bridgehead atoms. The quantitative estimate of drug-likeness (QED) is 0.796. The summed E-state index contributed by atoms with van der Waals surface area (Å²) in [5.41, 5.74) is 0.630. The van der Waals surface area contributed by atoms with Crippen LogP contribution in [0, 0.1) is 11.4 Å². The van der Waals surface area contributed by atoms with Crippen molar-refractivity contribution in [3.8, 4) is 0 Å². The third-order valence-corrected chi connectivity index (χ3v) is 4.09. The van der Waals surface area contributed by atoms with Gasteiger partial charge in [-0.05, 0) is 12.5 Å². The topological polar surface area (TPSA) is 53.4 Å². The number of carbonyl (C=O) groups excluding carboxylic acids is 1. The van der Waals surface area contributed by atoms with Gasteiger partial charge in [-0.2, -0.15) is 4.39 Å². The summed E-state index contributed by atoms with van der Waals surface area (Å²) in [5, 5.41) is 0. The van der Waals surface area contributed by atoms with Crippen LogP contribution < -0.4 is 0 Å². The molecule has 5 nitrogen and oxygen atoms in total. The molecular weight excluding hydrogens is 299 g/mol. The summed E-state index contributed by atoms with van der Waals surface area (Å²) < 4.78 is 25.9. The molecule has 0 saturated carbocycles. The highest BCUT2D eigenvalue weighted by atomic mass is 19.1. The van der Waals surface area contributed by atoms with Gasteiger partial charge in [0.2, 0.25) is 5.95 Å². The number of hydrogen-bond acceptors (Lipinski definition) is 4. The molecule has 0 aliphatic carbocycles. The van der Waals surface area contributed by atoms with Crippen LogP contribution in [0.5, 0.6) is 0 Å². The number of nitrogens with zero attached hydrogens (tertiary/aromatic N) is 2. The van der Waals surface area contributed by atoms with Crippen LogP contribution in [-0.4, -0.2) is 35.3 Å². The predicted molar refractivity (Wildman–Crippen MR) is 81.6 cm³/mol. The zero-order valence-corrected chi connectivity index (χ0v) is 13.2. The molecule has 1 aliphatic rings. The first-order chi connectivity index (χ1) is 11.0. The van der Waals surface area contributed by atoms with Crippen LogP contribution in [0.4, 0.5) is 4.39 Å². The lowest BCUT2D eigenvalue weighted by molar-refractivity contribution is -0.127. The Morgan fingerprint density at radius 3 is 2.74 bits per heavy atom. The van der Waals surface area contributed by atoms with Crippen LogP contribution in [0.25, 0.3) is 0 Å². The maximum absolute atomic E-state index is 14.0. The second-order valence-corrected chi connectivity index (χ2v) is 6.26. The van der Waals surface area contributed by atoms with Gasteiger partial charge in [0.05, 0.1) is 25.6 Å². The molecule has 1 aromatic carbocycles. The lowest BCUT2D eigenvalue weighted by Gasteiger charge is -2.37. The van der Waals surface area contributed by atoms with Gasteiger partial charge >= 0.3 is 5.97 Å². The van der Waals surface area contributed by atoms with Gasteiger partial charge in [0.15, 0.2) is 5.69 Å². The number of benzene rings is 1. The number of carbonyl (C=O) groups is 1. The summed E-state index contributed by atoms with van der Waals surface area (Å²) in [7, 11) is 0. The monoisotopic (exact) mass is 318 g/mol. The van der Waals surface area contributed by atoms with Crippen molar-refractivity contribution in [2.45, 2.75) is 19.9 Å². The molecule has 1 fully saturated rings. The molecule has 6 heteroatoms. The predicted octanol–water partition coefficient (Wildman–Crippen LogP) is 2.82. The van der Waals surface area contributed by atoms with Gasteiger partial charge < -0.3 is 14.0 Å². The van der Waals surface area contributed by atoms with Crippen molar-refractivity contribution in [2.24, 2.45) is 5.41 Å². The second kappa shape index (κ2) is 6.12. The molecule has 1 atom stereocenters. The van der Waals surface area contributed by atoms with E-state index < -0.39 is 11.9 Å². The molecule has 0 unspecified atom stereocenters. The number of rotatable bonds is 5. The fourth-order valence-electron chi connectivity index (χ4n) is 2.56. The first-order valence-electron chi connectivity index (χ1n) is 7.52. The van der Waals surface area contributed by atoms with Crippen molar-refractivity contribution >= 4 is 5.97 Å². The average molecular weight is 318 g/mol. The number of imidazole rings is 1. The summed E-state index contributed by atoms with van der Waals surface area (Å²) in [6, 6.07) is 9.32. The fraction of sp³-hybridized carbons (Fsp3) is 0.412. The van der Waals surface area contributed by atoms with Crippen molar-refractivity contribution in [1.82, 2.24) is 9.55 Å². The van der Waals surface area contributed by atoms with E-state index in [2.05, 4.69) is 4.98 Å². The van der Waals surface area contributed by atoms with E-state index >= 15 is 0 Å². The molecule has 0 radical (unpaired) electrons. The SMILES string of the molecule is C[C@H](c1ccccc1)n1cnc(F)c1C(=O)OCC1(C)COC1. The summed E-state index contributed by atoms with van der Waals surface area (Å²) in [6.45, 7) is 5.14. The van der Waals surface area contributed by atoms with Crippen LogP contribution in [0.15, 0.2) is 36.7 Å². The van der Waals surface area contributed by atoms with Gasteiger partial charge in [-0.25, -0.2) is 9.78 Å². The third-order valence-electron chi connectivity index (χ3n) is 4.09. The van der Waals surface area contributed by atoms with Gasteiger partial charge in [-0.3, -0.25) is 0 Å². The Hall–Kier alpha value is -2.21. The normalized spacial score (nSPS) is 17.3. The zero-order valence-electron chi connectivity index (χ0n) is 13.2. The van der Waals surface area contributed by atoms with E-state index in [9.17, 15) is 9.18 Å².